The van der Waals surface area contributed by atoms with Crippen LogP contribution in [0, 0.1) is 0 Å². The minimum absolute atomic E-state index is 0.0950. The summed E-state index contributed by atoms with van der Waals surface area (Å²) in [5.74, 6) is -0.0153. The molecule has 1 atom stereocenters. The van der Waals surface area contributed by atoms with Gasteiger partial charge in [-0.05, 0) is 24.3 Å². The van der Waals surface area contributed by atoms with Crippen molar-refractivity contribution in [3.8, 4) is 22.0 Å². The number of rotatable bonds is 6. The summed E-state index contributed by atoms with van der Waals surface area (Å²) in [7, 11) is 0. The first kappa shape index (κ1) is 18.2. The van der Waals surface area contributed by atoms with Crippen molar-refractivity contribution in [1.82, 2.24) is 30.2 Å². The first-order valence-electron chi connectivity index (χ1n) is 8.33. The van der Waals surface area contributed by atoms with E-state index in [-0.39, 0.29) is 11.8 Å². The molecule has 4 aromatic heterocycles. The van der Waals surface area contributed by atoms with E-state index in [0.29, 0.717) is 22.9 Å². The number of nitrogen functional groups attached to an aromatic ring is 1. The fourth-order valence-electron chi connectivity index (χ4n) is 2.60. The zero-order valence-electron chi connectivity index (χ0n) is 14.7. The predicted octanol–water partition coefficient (Wildman–Crippen LogP) is 3.78. The van der Waals surface area contributed by atoms with Crippen molar-refractivity contribution in [3.63, 3.8) is 0 Å². The molecule has 0 aliphatic rings. The van der Waals surface area contributed by atoms with Crippen LogP contribution in [0.4, 0.5) is 14.6 Å². The standard InChI is InChI=1S/C17H15F2N7OS/c1-9(7-26-8-11(22-25-26)10-2-5-14(20)21-6-10)12-3-4-13(28-12)16-23-24-17(27-16)15(18)19/h2-6,8-9,15H,7H2,1H3,(H2,20,21). The highest BCUT2D eigenvalue weighted by Crippen LogP contribution is 2.33. The van der Waals surface area contributed by atoms with E-state index in [1.807, 2.05) is 25.3 Å². The Balaban J connectivity index is 1.46. The number of anilines is 1. The minimum Gasteiger partial charge on any atom is -0.414 e. The number of hydrogen-bond donors (Lipinski definition) is 1. The van der Waals surface area contributed by atoms with E-state index in [4.69, 9.17) is 10.2 Å². The Morgan fingerprint density at radius 2 is 2.04 bits per heavy atom. The Bertz CT molecular complexity index is 1070. The maximum absolute atomic E-state index is 12.6. The molecule has 0 amide bonds. The van der Waals surface area contributed by atoms with Crippen molar-refractivity contribution in [1.29, 1.82) is 0 Å². The molecule has 0 saturated heterocycles. The average Bonchev–Trinajstić information content (AvgIpc) is 3.42. The lowest BCUT2D eigenvalue weighted by molar-refractivity contribution is 0.116. The van der Waals surface area contributed by atoms with E-state index < -0.39 is 12.3 Å². The molecule has 0 aliphatic carbocycles. The van der Waals surface area contributed by atoms with Gasteiger partial charge in [-0.3, -0.25) is 4.68 Å². The highest BCUT2D eigenvalue weighted by atomic mass is 32.1. The van der Waals surface area contributed by atoms with Crippen LogP contribution >= 0.6 is 11.3 Å². The number of thiophene rings is 1. The quantitative estimate of drug-likeness (QED) is 0.522. The second kappa shape index (κ2) is 7.43. The Morgan fingerprint density at radius 3 is 2.75 bits per heavy atom. The molecule has 0 spiro atoms. The molecule has 4 heterocycles. The summed E-state index contributed by atoms with van der Waals surface area (Å²) in [6.07, 6.45) is 0.708. The van der Waals surface area contributed by atoms with Crippen molar-refractivity contribution < 1.29 is 13.2 Å². The van der Waals surface area contributed by atoms with E-state index in [2.05, 4.69) is 25.5 Å². The van der Waals surface area contributed by atoms with Crippen molar-refractivity contribution in [2.45, 2.75) is 25.8 Å². The highest BCUT2D eigenvalue weighted by Gasteiger charge is 2.19. The van der Waals surface area contributed by atoms with E-state index >= 15 is 0 Å². The fraction of sp³-hybridized carbons (Fsp3) is 0.235. The van der Waals surface area contributed by atoms with Crippen molar-refractivity contribution in [2.75, 3.05) is 5.73 Å². The first-order chi connectivity index (χ1) is 13.5. The molecular weight excluding hydrogens is 388 g/mol. The van der Waals surface area contributed by atoms with Gasteiger partial charge in [0, 0.05) is 22.6 Å². The maximum Gasteiger partial charge on any atom is 0.314 e. The molecule has 144 valence electrons. The molecule has 0 saturated carbocycles. The average molecular weight is 403 g/mol. The fourth-order valence-corrected chi connectivity index (χ4v) is 3.57. The molecule has 0 bridgehead atoms. The lowest BCUT2D eigenvalue weighted by Crippen LogP contribution is -2.05. The molecule has 8 nitrogen and oxygen atoms in total. The Labute approximate surface area is 162 Å². The maximum atomic E-state index is 12.6. The van der Waals surface area contributed by atoms with Crippen molar-refractivity contribution >= 4 is 17.2 Å². The molecule has 28 heavy (non-hydrogen) atoms. The van der Waals surface area contributed by atoms with Gasteiger partial charge in [0.15, 0.2) is 0 Å². The van der Waals surface area contributed by atoms with E-state index in [1.165, 1.54) is 11.3 Å². The van der Waals surface area contributed by atoms with Gasteiger partial charge < -0.3 is 10.2 Å². The van der Waals surface area contributed by atoms with Crippen molar-refractivity contribution in [2.24, 2.45) is 0 Å². The van der Waals surface area contributed by atoms with Gasteiger partial charge in [-0.2, -0.15) is 8.78 Å². The lowest BCUT2D eigenvalue weighted by Gasteiger charge is -2.08. The Hall–Kier alpha value is -3.21. The summed E-state index contributed by atoms with van der Waals surface area (Å²) < 4.78 is 31.9. The van der Waals surface area contributed by atoms with Crippen LogP contribution in [0.3, 0.4) is 0 Å². The molecule has 4 rings (SSSR count). The van der Waals surface area contributed by atoms with Gasteiger partial charge in [-0.15, -0.1) is 26.6 Å². The third-order valence-electron chi connectivity index (χ3n) is 4.03. The van der Waals surface area contributed by atoms with Gasteiger partial charge in [-0.25, -0.2) is 4.98 Å². The molecule has 1 unspecified atom stereocenters. The lowest BCUT2D eigenvalue weighted by atomic mass is 10.1. The summed E-state index contributed by atoms with van der Waals surface area (Å²) >= 11 is 1.42. The van der Waals surface area contributed by atoms with Gasteiger partial charge in [0.05, 0.1) is 17.6 Å². The van der Waals surface area contributed by atoms with Crippen LogP contribution in [0.25, 0.3) is 22.0 Å². The summed E-state index contributed by atoms with van der Waals surface area (Å²) in [6, 6.07) is 7.25. The van der Waals surface area contributed by atoms with Crippen LogP contribution in [-0.4, -0.2) is 30.2 Å². The zero-order valence-corrected chi connectivity index (χ0v) is 15.5. The van der Waals surface area contributed by atoms with E-state index in [1.54, 1.807) is 23.0 Å². The molecule has 2 N–H and O–H groups in total. The number of halogens is 2. The van der Waals surface area contributed by atoms with Crippen LogP contribution in [0.5, 0.6) is 0 Å². The monoisotopic (exact) mass is 403 g/mol. The molecule has 0 radical (unpaired) electrons. The van der Waals surface area contributed by atoms with Crippen LogP contribution in [0.15, 0.2) is 41.1 Å². The minimum atomic E-state index is -2.78. The summed E-state index contributed by atoms with van der Waals surface area (Å²) in [4.78, 5) is 5.74. The summed E-state index contributed by atoms with van der Waals surface area (Å²) in [5, 5.41) is 15.4. The van der Waals surface area contributed by atoms with Crippen molar-refractivity contribution in [3.05, 3.63) is 47.4 Å². The predicted molar refractivity (Wildman–Crippen MR) is 98.6 cm³/mol. The Kier molecular flexibility index (Phi) is 4.82. The molecule has 0 fully saturated rings. The number of hydrogen-bond acceptors (Lipinski definition) is 8. The van der Waals surface area contributed by atoms with Gasteiger partial charge in [-0.1, -0.05) is 12.1 Å². The van der Waals surface area contributed by atoms with Gasteiger partial charge in [0.2, 0.25) is 0 Å². The molecular formula is C17H15F2N7OS. The third-order valence-corrected chi connectivity index (χ3v) is 5.34. The number of alkyl halides is 2. The van der Waals surface area contributed by atoms with Crippen LogP contribution < -0.4 is 5.73 Å². The normalized spacial score (nSPS) is 12.6. The van der Waals surface area contributed by atoms with E-state index in [9.17, 15) is 8.78 Å². The SMILES string of the molecule is CC(Cn1cc(-c2ccc(N)nc2)nn1)c1ccc(-c2nnc(C(F)F)o2)s1. The molecule has 0 aromatic carbocycles. The second-order valence-corrected chi connectivity index (χ2v) is 7.26. The smallest absolute Gasteiger partial charge is 0.314 e. The molecule has 4 aromatic rings. The van der Waals surface area contributed by atoms with Gasteiger partial charge in [0.25, 0.3) is 11.8 Å². The zero-order chi connectivity index (χ0) is 19.7. The number of nitrogens with zero attached hydrogens (tertiary/aromatic N) is 6. The largest absolute Gasteiger partial charge is 0.414 e. The summed E-state index contributed by atoms with van der Waals surface area (Å²) in [5.41, 5.74) is 7.13. The van der Waals surface area contributed by atoms with E-state index in [0.717, 1.165) is 10.4 Å². The van der Waals surface area contributed by atoms with Gasteiger partial charge in [0.1, 0.15) is 11.5 Å². The van der Waals surface area contributed by atoms with Gasteiger partial charge >= 0.3 is 6.43 Å². The first-order valence-corrected chi connectivity index (χ1v) is 9.15. The third kappa shape index (κ3) is 3.74. The van der Waals surface area contributed by atoms with Crippen LogP contribution in [0.2, 0.25) is 0 Å². The topological polar surface area (TPSA) is 109 Å². The number of pyridine rings is 1. The number of aromatic nitrogens is 6. The number of nitrogens with two attached hydrogens (primary N) is 1. The Morgan fingerprint density at radius 1 is 1.18 bits per heavy atom. The highest BCUT2D eigenvalue weighted by molar-refractivity contribution is 7.15. The molecule has 11 heteroatoms. The summed E-state index contributed by atoms with van der Waals surface area (Å²) in [6.45, 7) is 2.64. The van der Waals surface area contributed by atoms with Crippen LogP contribution in [-0.2, 0) is 6.54 Å². The van der Waals surface area contributed by atoms with Crippen LogP contribution in [0.1, 0.15) is 30.0 Å². The molecule has 0 aliphatic heterocycles. The second-order valence-electron chi connectivity index (χ2n) is 6.15.